The fraction of sp³-hybridized carbons (Fsp3) is 0.400. The summed E-state index contributed by atoms with van der Waals surface area (Å²) in [5.74, 6) is 0.884. The topological polar surface area (TPSA) is 30.5 Å². The first kappa shape index (κ1) is 10.0. The lowest BCUT2D eigenvalue weighted by Crippen LogP contribution is -2.11. The van der Waals surface area contributed by atoms with E-state index < -0.39 is 0 Å². The zero-order valence-electron chi connectivity index (χ0n) is 8.26. The van der Waals surface area contributed by atoms with E-state index in [1.165, 1.54) is 5.56 Å². The molecule has 13 heavy (non-hydrogen) atoms. The molecule has 0 fully saturated rings. The van der Waals surface area contributed by atoms with E-state index in [0.717, 1.165) is 11.3 Å². The summed E-state index contributed by atoms with van der Waals surface area (Å²) >= 11 is 0. The van der Waals surface area contributed by atoms with Crippen molar-refractivity contribution in [2.24, 2.45) is 0 Å². The second-order valence-electron chi connectivity index (χ2n) is 2.84. The molecule has 0 unspecified atom stereocenters. The van der Waals surface area contributed by atoms with Gasteiger partial charge in [-0.15, -0.1) is 0 Å². The second-order valence-corrected chi connectivity index (χ2v) is 2.84. The summed E-state index contributed by atoms with van der Waals surface area (Å²) in [6, 6.07) is 6.06. The predicted molar refractivity (Wildman–Crippen MR) is 51.6 cm³/mol. The zero-order valence-corrected chi connectivity index (χ0v) is 8.26. The van der Waals surface area contributed by atoms with E-state index in [4.69, 9.17) is 9.57 Å². The smallest absolute Gasteiger partial charge is 0.123 e. The third kappa shape index (κ3) is 2.72. The van der Waals surface area contributed by atoms with E-state index in [2.05, 4.69) is 18.5 Å². The third-order valence-electron chi connectivity index (χ3n) is 1.84. The van der Waals surface area contributed by atoms with E-state index in [-0.39, 0.29) is 0 Å². The van der Waals surface area contributed by atoms with Crippen LogP contribution >= 0.6 is 0 Å². The van der Waals surface area contributed by atoms with Crippen LogP contribution in [0.25, 0.3) is 0 Å². The number of hydrogen-bond donors (Lipinski definition) is 1. The third-order valence-corrected chi connectivity index (χ3v) is 1.84. The number of methoxy groups -OCH3 is 1. The van der Waals surface area contributed by atoms with E-state index in [1.54, 1.807) is 14.2 Å². The summed E-state index contributed by atoms with van der Waals surface area (Å²) in [6.07, 6.45) is 0. The summed E-state index contributed by atoms with van der Waals surface area (Å²) < 4.78 is 5.20. The molecule has 0 aliphatic rings. The minimum Gasteiger partial charge on any atom is -0.496 e. The molecule has 0 amide bonds. The molecule has 0 atom stereocenters. The summed E-state index contributed by atoms with van der Waals surface area (Å²) in [7, 11) is 3.27. The highest BCUT2D eigenvalue weighted by molar-refractivity contribution is 5.36. The molecule has 0 aromatic heterocycles. The molecule has 72 valence electrons. The van der Waals surface area contributed by atoms with Gasteiger partial charge in [0, 0.05) is 12.1 Å². The van der Waals surface area contributed by atoms with Gasteiger partial charge in [-0.1, -0.05) is 17.7 Å². The van der Waals surface area contributed by atoms with Gasteiger partial charge in [0.2, 0.25) is 0 Å². The number of benzene rings is 1. The molecule has 1 aromatic rings. The van der Waals surface area contributed by atoms with Gasteiger partial charge in [0.1, 0.15) is 5.75 Å². The Hall–Kier alpha value is -1.06. The van der Waals surface area contributed by atoms with Crippen LogP contribution in [0.5, 0.6) is 5.75 Å². The summed E-state index contributed by atoms with van der Waals surface area (Å²) in [5, 5.41) is 0. The molecule has 1 aromatic carbocycles. The Bertz CT molecular complexity index is 274. The summed E-state index contributed by atoms with van der Waals surface area (Å²) in [5.41, 5.74) is 5.10. The Labute approximate surface area is 78.6 Å². The van der Waals surface area contributed by atoms with Crippen molar-refractivity contribution in [3.05, 3.63) is 29.3 Å². The van der Waals surface area contributed by atoms with E-state index in [0.29, 0.717) is 6.54 Å². The molecule has 0 aliphatic carbocycles. The van der Waals surface area contributed by atoms with Gasteiger partial charge >= 0.3 is 0 Å². The fourth-order valence-corrected chi connectivity index (χ4v) is 1.20. The maximum atomic E-state index is 5.20. The number of hydrogen-bond acceptors (Lipinski definition) is 3. The van der Waals surface area contributed by atoms with Crippen molar-refractivity contribution < 1.29 is 9.57 Å². The van der Waals surface area contributed by atoms with Crippen LogP contribution < -0.4 is 10.2 Å². The molecule has 1 N–H and O–H groups in total. The van der Waals surface area contributed by atoms with Crippen LogP contribution in [0.4, 0.5) is 0 Å². The first-order valence-corrected chi connectivity index (χ1v) is 4.17. The van der Waals surface area contributed by atoms with Gasteiger partial charge in [-0.25, -0.2) is 0 Å². The van der Waals surface area contributed by atoms with Crippen LogP contribution in [0.1, 0.15) is 11.1 Å². The standard InChI is InChI=1S/C10H15NO2/c1-8-4-5-10(12-2)9(6-8)7-11-13-3/h4-6,11H,7H2,1-3H3. The van der Waals surface area contributed by atoms with Gasteiger partial charge in [-0.05, 0) is 13.0 Å². The Kier molecular flexibility index (Phi) is 3.73. The number of hydroxylamine groups is 1. The minimum absolute atomic E-state index is 0.654. The Balaban J connectivity index is 2.81. The monoisotopic (exact) mass is 181 g/mol. The minimum atomic E-state index is 0.654. The number of ether oxygens (including phenoxy) is 1. The number of nitrogens with one attached hydrogen (secondary N) is 1. The highest BCUT2D eigenvalue weighted by Crippen LogP contribution is 2.18. The highest BCUT2D eigenvalue weighted by Gasteiger charge is 2.01. The van der Waals surface area contributed by atoms with Crippen molar-refractivity contribution in [2.75, 3.05) is 14.2 Å². The van der Waals surface area contributed by atoms with Crippen LogP contribution in [0.3, 0.4) is 0 Å². The zero-order chi connectivity index (χ0) is 9.68. The second kappa shape index (κ2) is 4.84. The predicted octanol–water partition coefficient (Wildman–Crippen LogP) is 1.65. The average Bonchev–Trinajstić information content (AvgIpc) is 2.15. The van der Waals surface area contributed by atoms with Crippen LogP contribution in [0.15, 0.2) is 18.2 Å². The van der Waals surface area contributed by atoms with Crippen molar-refractivity contribution in [1.82, 2.24) is 5.48 Å². The van der Waals surface area contributed by atoms with Gasteiger partial charge in [-0.3, -0.25) is 0 Å². The van der Waals surface area contributed by atoms with Gasteiger partial charge < -0.3 is 9.57 Å². The normalized spacial score (nSPS) is 10.1. The molecule has 0 bridgehead atoms. The largest absolute Gasteiger partial charge is 0.496 e. The van der Waals surface area contributed by atoms with Gasteiger partial charge in [0.05, 0.1) is 14.2 Å². The van der Waals surface area contributed by atoms with Crippen molar-refractivity contribution in [1.29, 1.82) is 0 Å². The molecule has 3 nitrogen and oxygen atoms in total. The Morgan fingerprint density at radius 3 is 2.69 bits per heavy atom. The molecular formula is C10H15NO2. The maximum absolute atomic E-state index is 5.20. The summed E-state index contributed by atoms with van der Waals surface area (Å²) in [6.45, 7) is 2.71. The lowest BCUT2D eigenvalue weighted by atomic mass is 10.1. The van der Waals surface area contributed by atoms with Gasteiger partial charge in [0.15, 0.2) is 0 Å². The van der Waals surface area contributed by atoms with Crippen molar-refractivity contribution in [2.45, 2.75) is 13.5 Å². The van der Waals surface area contributed by atoms with Crippen molar-refractivity contribution >= 4 is 0 Å². The van der Waals surface area contributed by atoms with Crippen LogP contribution in [-0.2, 0) is 11.4 Å². The van der Waals surface area contributed by atoms with Crippen molar-refractivity contribution in [3.63, 3.8) is 0 Å². The molecule has 1 rings (SSSR count). The molecule has 0 spiro atoms. The fourth-order valence-electron chi connectivity index (χ4n) is 1.20. The maximum Gasteiger partial charge on any atom is 0.123 e. The first-order chi connectivity index (χ1) is 6.27. The van der Waals surface area contributed by atoms with Crippen LogP contribution in [0.2, 0.25) is 0 Å². The van der Waals surface area contributed by atoms with E-state index in [9.17, 15) is 0 Å². The molecular weight excluding hydrogens is 166 g/mol. The number of rotatable bonds is 4. The Morgan fingerprint density at radius 2 is 2.08 bits per heavy atom. The number of aryl methyl sites for hydroxylation is 1. The SMILES string of the molecule is CONCc1cc(C)ccc1OC. The first-order valence-electron chi connectivity index (χ1n) is 4.17. The average molecular weight is 181 g/mol. The Morgan fingerprint density at radius 1 is 1.31 bits per heavy atom. The summed E-state index contributed by atoms with van der Waals surface area (Å²) in [4.78, 5) is 4.78. The van der Waals surface area contributed by atoms with Crippen molar-refractivity contribution in [3.8, 4) is 5.75 Å². The molecule has 0 saturated carbocycles. The lowest BCUT2D eigenvalue weighted by molar-refractivity contribution is 0.0861. The molecule has 0 aliphatic heterocycles. The van der Waals surface area contributed by atoms with Crippen LogP contribution in [0, 0.1) is 6.92 Å². The van der Waals surface area contributed by atoms with Gasteiger partial charge in [0.25, 0.3) is 0 Å². The molecule has 0 saturated heterocycles. The van der Waals surface area contributed by atoms with E-state index in [1.807, 2.05) is 12.1 Å². The highest BCUT2D eigenvalue weighted by atomic mass is 16.6. The molecule has 0 heterocycles. The van der Waals surface area contributed by atoms with E-state index >= 15 is 0 Å². The van der Waals surface area contributed by atoms with Crippen LogP contribution in [-0.4, -0.2) is 14.2 Å². The quantitative estimate of drug-likeness (QED) is 0.716. The van der Waals surface area contributed by atoms with Gasteiger partial charge in [-0.2, -0.15) is 5.48 Å². The molecule has 0 radical (unpaired) electrons. The lowest BCUT2D eigenvalue weighted by Gasteiger charge is -2.09. The molecule has 3 heteroatoms.